The van der Waals surface area contributed by atoms with Crippen molar-refractivity contribution in [1.82, 2.24) is 14.9 Å². The van der Waals surface area contributed by atoms with Crippen molar-refractivity contribution in [3.8, 4) is 0 Å². The van der Waals surface area contributed by atoms with Gasteiger partial charge >= 0.3 is 0 Å². The van der Waals surface area contributed by atoms with E-state index in [1.807, 2.05) is 24.3 Å². The van der Waals surface area contributed by atoms with E-state index in [0.29, 0.717) is 0 Å². The highest BCUT2D eigenvalue weighted by Gasteiger charge is 2.10. The molecule has 1 aromatic heterocycles. The van der Waals surface area contributed by atoms with Gasteiger partial charge in [0.15, 0.2) is 0 Å². The van der Waals surface area contributed by atoms with Crippen LogP contribution in [-0.2, 0) is 17.8 Å². The Bertz CT molecular complexity index is 846. The average Bonchev–Trinajstić information content (AvgIpc) is 2.67. The Balaban J connectivity index is 1.40. The fourth-order valence-electron chi connectivity index (χ4n) is 3.09. The number of benzene rings is 2. The van der Waals surface area contributed by atoms with Crippen LogP contribution in [0.1, 0.15) is 11.1 Å². The fourth-order valence-corrected chi connectivity index (χ4v) is 3.09. The zero-order chi connectivity index (χ0) is 16.9. The molecule has 0 saturated carbocycles. The molecule has 0 aliphatic carbocycles. The lowest BCUT2D eigenvalue weighted by Gasteiger charge is -2.26. The molecule has 4 rings (SSSR count). The third kappa shape index (κ3) is 4.13. The first-order chi connectivity index (χ1) is 12.4. The van der Waals surface area contributed by atoms with Gasteiger partial charge < -0.3 is 10.1 Å². The second-order valence-corrected chi connectivity index (χ2v) is 6.31. The number of nitrogens with zero attached hydrogens (tertiary/aromatic N) is 3. The molecule has 1 aliphatic rings. The van der Waals surface area contributed by atoms with E-state index in [1.165, 1.54) is 11.1 Å². The maximum absolute atomic E-state index is 5.41. The molecule has 128 valence electrons. The standard InChI is InChI=1S/C20H22N4O/c1-2-7-19-18(6-1)21-14-20(23-19)22-13-16-4-3-5-17(12-16)15-24-8-10-25-11-9-24/h1-7,12,14H,8-11,13,15H2,(H,22,23). The first-order valence-corrected chi connectivity index (χ1v) is 8.70. The molecule has 0 amide bonds. The van der Waals surface area contributed by atoms with E-state index in [0.717, 1.165) is 56.2 Å². The number of rotatable bonds is 5. The zero-order valence-corrected chi connectivity index (χ0v) is 14.2. The molecule has 2 aromatic carbocycles. The van der Waals surface area contributed by atoms with Gasteiger partial charge in [-0.15, -0.1) is 0 Å². The molecular formula is C20H22N4O. The second kappa shape index (κ2) is 7.59. The van der Waals surface area contributed by atoms with Crippen LogP contribution in [0.3, 0.4) is 0 Å². The van der Waals surface area contributed by atoms with Crippen molar-refractivity contribution in [3.63, 3.8) is 0 Å². The van der Waals surface area contributed by atoms with Gasteiger partial charge in [0.25, 0.3) is 0 Å². The van der Waals surface area contributed by atoms with E-state index in [4.69, 9.17) is 4.74 Å². The molecule has 1 fully saturated rings. The Morgan fingerprint density at radius 2 is 1.76 bits per heavy atom. The van der Waals surface area contributed by atoms with E-state index in [9.17, 15) is 0 Å². The van der Waals surface area contributed by atoms with Gasteiger partial charge in [-0.3, -0.25) is 9.88 Å². The Kier molecular flexibility index (Phi) is 4.86. The molecule has 0 atom stereocenters. The van der Waals surface area contributed by atoms with Crippen molar-refractivity contribution in [2.45, 2.75) is 13.1 Å². The van der Waals surface area contributed by atoms with E-state index in [1.54, 1.807) is 6.20 Å². The Morgan fingerprint density at radius 3 is 2.64 bits per heavy atom. The quantitative estimate of drug-likeness (QED) is 0.777. The summed E-state index contributed by atoms with van der Waals surface area (Å²) in [5.74, 6) is 0.803. The van der Waals surface area contributed by atoms with Crippen molar-refractivity contribution in [2.75, 3.05) is 31.6 Å². The smallest absolute Gasteiger partial charge is 0.145 e. The number of hydrogen-bond acceptors (Lipinski definition) is 5. The SMILES string of the molecule is c1cc(CNc2cnc3ccccc3n2)cc(CN2CCOCC2)c1. The number of para-hydroxylation sites is 2. The monoisotopic (exact) mass is 334 g/mol. The summed E-state index contributed by atoms with van der Waals surface area (Å²) >= 11 is 0. The van der Waals surface area contributed by atoms with Crippen molar-refractivity contribution < 1.29 is 4.74 Å². The number of fused-ring (bicyclic) bond motifs is 1. The number of anilines is 1. The first kappa shape index (κ1) is 16.0. The summed E-state index contributed by atoms with van der Waals surface area (Å²) in [6.45, 7) is 5.41. The highest BCUT2D eigenvalue weighted by molar-refractivity contribution is 5.75. The minimum Gasteiger partial charge on any atom is -0.379 e. The number of nitrogens with one attached hydrogen (secondary N) is 1. The maximum atomic E-state index is 5.41. The van der Waals surface area contributed by atoms with Crippen molar-refractivity contribution in [3.05, 3.63) is 65.9 Å². The summed E-state index contributed by atoms with van der Waals surface area (Å²) < 4.78 is 5.41. The molecular weight excluding hydrogens is 312 g/mol. The molecule has 2 heterocycles. The van der Waals surface area contributed by atoms with E-state index in [-0.39, 0.29) is 0 Å². The minimum absolute atomic E-state index is 0.740. The van der Waals surface area contributed by atoms with Gasteiger partial charge in [0.2, 0.25) is 0 Å². The molecule has 0 radical (unpaired) electrons. The van der Waals surface area contributed by atoms with Crippen molar-refractivity contribution in [2.24, 2.45) is 0 Å². The second-order valence-electron chi connectivity index (χ2n) is 6.31. The lowest BCUT2D eigenvalue weighted by molar-refractivity contribution is 0.0342. The maximum Gasteiger partial charge on any atom is 0.145 e. The van der Waals surface area contributed by atoms with Crippen LogP contribution in [0.2, 0.25) is 0 Å². The number of ether oxygens (including phenoxy) is 1. The highest BCUT2D eigenvalue weighted by Crippen LogP contribution is 2.14. The number of aromatic nitrogens is 2. The van der Waals surface area contributed by atoms with Gasteiger partial charge in [0, 0.05) is 26.2 Å². The van der Waals surface area contributed by atoms with Gasteiger partial charge in [0.05, 0.1) is 30.4 Å². The largest absolute Gasteiger partial charge is 0.379 e. The molecule has 5 nitrogen and oxygen atoms in total. The Hall–Kier alpha value is -2.50. The zero-order valence-electron chi connectivity index (χ0n) is 14.2. The fraction of sp³-hybridized carbons (Fsp3) is 0.300. The van der Waals surface area contributed by atoms with Crippen molar-refractivity contribution >= 4 is 16.9 Å². The van der Waals surface area contributed by atoms with E-state index >= 15 is 0 Å². The summed E-state index contributed by atoms with van der Waals surface area (Å²) in [5, 5.41) is 3.38. The van der Waals surface area contributed by atoms with Gasteiger partial charge in [-0.2, -0.15) is 0 Å². The predicted molar refractivity (Wildman–Crippen MR) is 99.4 cm³/mol. The molecule has 1 saturated heterocycles. The van der Waals surface area contributed by atoms with Crippen LogP contribution in [-0.4, -0.2) is 41.2 Å². The summed E-state index contributed by atoms with van der Waals surface area (Å²) in [6, 6.07) is 16.6. The topological polar surface area (TPSA) is 50.3 Å². The first-order valence-electron chi connectivity index (χ1n) is 8.70. The molecule has 0 unspecified atom stereocenters. The van der Waals surface area contributed by atoms with Crippen LogP contribution in [0.25, 0.3) is 11.0 Å². The Morgan fingerprint density at radius 1 is 0.960 bits per heavy atom. The molecule has 0 spiro atoms. The van der Waals surface area contributed by atoms with Gasteiger partial charge in [0.1, 0.15) is 5.82 Å². The Labute approximate surface area is 147 Å². The van der Waals surface area contributed by atoms with Crippen LogP contribution in [0.4, 0.5) is 5.82 Å². The minimum atomic E-state index is 0.740. The number of hydrogen-bond donors (Lipinski definition) is 1. The molecule has 1 aliphatic heterocycles. The van der Waals surface area contributed by atoms with Crippen LogP contribution in [0, 0.1) is 0 Å². The third-order valence-corrected chi connectivity index (χ3v) is 4.42. The lowest BCUT2D eigenvalue weighted by atomic mass is 10.1. The number of morpholine rings is 1. The van der Waals surface area contributed by atoms with E-state index in [2.05, 4.69) is 44.5 Å². The van der Waals surface area contributed by atoms with Crippen LogP contribution >= 0.6 is 0 Å². The van der Waals surface area contributed by atoms with Crippen LogP contribution in [0.15, 0.2) is 54.7 Å². The summed E-state index contributed by atoms with van der Waals surface area (Å²) in [7, 11) is 0. The highest BCUT2D eigenvalue weighted by atomic mass is 16.5. The normalized spacial score (nSPS) is 15.4. The summed E-state index contributed by atoms with van der Waals surface area (Å²) in [4.78, 5) is 11.5. The third-order valence-electron chi connectivity index (χ3n) is 4.42. The van der Waals surface area contributed by atoms with Crippen LogP contribution in [0.5, 0.6) is 0 Å². The molecule has 5 heteroatoms. The van der Waals surface area contributed by atoms with Crippen LogP contribution < -0.4 is 5.32 Å². The van der Waals surface area contributed by atoms with Gasteiger partial charge in [-0.1, -0.05) is 36.4 Å². The molecule has 0 bridgehead atoms. The molecule has 1 N–H and O–H groups in total. The molecule has 25 heavy (non-hydrogen) atoms. The van der Waals surface area contributed by atoms with E-state index < -0.39 is 0 Å². The summed E-state index contributed by atoms with van der Waals surface area (Å²) in [5.41, 5.74) is 4.42. The molecule has 3 aromatic rings. The van der Waals surface area contributed by atoms with Gasteiger partial charge in [-0.05, 0) is 23.3 Å². The predicted octanol–water partition coefficient (Wildman–Crippen LogP) is 3.07. The van der Waals surface area contributed by atoms with Crippen molar-refractivity contribution in [1.29, 1.82) is 0 Å². The lowest BCUT2D eigenvalue weighted by Crippen LogP contribution is -2.35. The average molecular weight is 334 g/mol. The van der Waals surface area contributed by atoms with Gasteiger partial charge in [-0.25, -0.2) is 4.98 Å². The summed E-state index contributed by atoms with van der Waals surface area (Å²) in [6.07, 6.45) is 1.79.